The second-order valence-corrected chi connectivity index (χ2v) is 9.43. The number of thiophene rings is 2. The summed E-state index contributed by atoms with van der Waals surface area (Å²) in [7, 11) is -0.262. The fourth-order valence-electron chi connectivity index (χ4n) is 2.80. The molecular weight excluding hydrogens is 311 g/mol. The standard InChI is InChI=1S/C17H19BO2S2/c1-10-6-11-7-14-12(8-13(11)21-10)9-15(22-14)18-19-16(2,3)17(4,5)20-18/h6-9H,1-5H3. The zero-order valence-electron chi connectivity index (χ0n) is 13.5. The Bertz CT molecular complexity index is 808. The largest absolute Gasteiger partial charge is 0.505 e. The van der Waals surface area contributed by atoms with E-state index < -0.39 is 0 Å². The molecule has 3 heterocycles. The molecule has 0 N–H and O–H groups in total. The minimum atomic E-state index is -0.286. The Kier molecular flexibility index (Phi) is 3.06. The SMILES string of the molecule is Cc1cc2cc3sc(B4OC(C)(C)C(C)(C)O4)cc3cc2s1. The number of benzene rings is 1. The molecule has 1 aromatic carbocycles. The van der Waals surface area contributed by atoms with Crippen LogP contribution in [-0.2, 0) is 9.31 Å². The van der Waals surface area contributed by atoms with Gasteiger partial charge in [0.15, 0.2) is 0 Å². The molecule has 0 amide bonds. The third kappa shape index (κ3) is 2.14. The van der Waals surface area contributed by atoms with Crippen LogP contribution < -0.4 is 4.78 Å². The van der Waals surface area contributed by atoms with E-state index in [1.165, 1.54) is 25.0 Å². The molecule has 0 aliphatic carbocycles. The van der Waals surface area contributed by atoms with Crippen LogP contribution in [0, 0.1) is 6.92 Å². The average Bonchev–Trinajstić information content (AvgIpc) is 3.00. The van der Waals surface area contributed by atoms with Gasteiger partial charge in [-0.2, -0.15) is 0 Å². The van der Waals surface area contributed by atoms with Gasteiger partial charge in [-0.1, -0.05) is 0 Å². The molecule has 0 radical (unpaired) electrons. The lowest BCUT2D eigenvalue weighted by Crippen LogP contribution is -2.41. The first-order valence-corrected chi connectivity index (χ1v) is 9.18. The van der Waals surface area contributed by atoms with Crippen molar-refractivity contribution in [1.29, 1.82) is 0 Å². The fourth-order valence-corrected chi connectivity index (χ4v) is 4.81. The first-order chi connectivity index (χ1) is 10.2. The summed E-state index contributed by atoms with van der Waals surface area (Å²) < 4.78 is 16.1. The molecule has 2 aromatic heterocycles. The number of rotatable bonds is 1. The zero-order chi connectivity index (χ0) is 15.7. The summed E-state index contributed by atoms with van der Waals surface area (Å²) in [6.45, 7) is 10.5. The van der Waals surface area contributed by atoms with E-state index in [-0.39, 0.29) is 18.3 Å². The highest BCUT2D eigenvalue weighted by atomic mass is 32.1. The summed E-state index contributed by atoms with van der Waals surface area (Å²) in [5.74, 6) is 0. The van der Waals surface area contributed by atoms with Gasteiger partial charge in [0.25, 0.3) is 0 Å². The van der Waals surface area contributed by atoms with Gasteiger partial charge in [0.05, 0.1) is 11.2 Å². The molecule has 1 saturated heterocycles. The summed E-state index contributed by atoms with van der Waals surface area (Å²) in [6.07, 6.45) is 0. The smallest absolute Gasteiger partial charge is 0.399 e. The molecule has 1 aliphatic rings. The van der Waals surface area contributed by atoms with Crippen LogP contribution in [0.25, 0.3) is 20.2 Å². The quantitative estimate of drug-likeness (QED) is 0.601. The molecule has 0 spiro atoms. The van der Waals surface area contributed by atoms with E-state index in [4.69, 9.17) is 9.31 Å². The van der Waals surface area contributed by atoms with Crippen LogP contribution in [0.2, 0.25) is 0 Å². The highest BCUT2D eigenvalue weighted by Gasteiger charge is 2.52. The van der Waals surface area contributed by atoms with Crippen molar-refractivity contribution >= 4 is 54.7 Å². The highest BCUT2D eigenvalue weighted by molar-refractivity contribution is 7.28. The van der Waals surface area contributed by atoms with Gasteiger partial charge in [-0.05, 0) is 69.7 Å². The Balaban J connectivity index is 1.77. The molecule has 4 rings (SSSR count). The second-order valence-electron chi connectivity index (χ2n) is 7.02. The van der Waals surface area contributed by atoms with Gasteiger partial charge >= 0.3 is 7.12 Å². The van der Waals surface area contributed by atoms with E-state index in [9.17, 15) is 0 Å². The van der Waals surface area contributed by atoms with E-state index in [1.807, 2.05) is 11.3 Å². The lowest BCUT2D eigenvalue weighted by molar-refractivity contribution is 0.00578. The number of fused-ring (bicyclic) bond motifs is 2. The molecule has 0 unspecified atom stereocenters. The van der Waals surface area contributed by atoms with Crippen molar-refractivity contribution in [3.63, 3.8) is 0 Å². The van der Waals surface area contributed by atoms with Crippen LogP contribution in [0.1, 0.15) is 32.6 Å². The van der Waals surface area contributed by atoms with Gasteiger partial charge < -0.3 is 9.31 Å². The number of hydrogen-bond donors (Lipinski definition) is 0. The predicted octanol–water partition coefficient (Wildman–Crippen LogP) is 4.72. The summed E-state index contributed by atoms with van der Waals surface area (Å²) in [4.78, 5) is 1.36. The van der Waals surface area contributed by atoms with Crippen LogP contribution >= 0.6 is 22.7 Å². The molecular formula is C17H19BO2S2. The van der Waals surface area contributed by atoms with Crippen molar-refractivity contribution in [3.05, 3.63) is 29.1 Å². The normalized spacial score (nSPS) is 20.3. The fraction of sp³-hybridized carbons (Fsp3) is 0.412. The third-order valence-corrected chi connectivity index (χ3v) is 6.92. The van der Waals surface area contributed by atoms with Crippen molar-refractivity contribution in [3.8, 4) is 0 Å². The molecule has 114 valence electrons. The summed E-state index contributed by atoms with van der Waals surface area (Å²) in [5.41, 5.74) is -0.573. The average molecular weight is 330 g/mol. The highest BCUT2D eigenvalue weighted by Crippen LogP contribution is 2.38. The van der Waals surface area contributed by atoms with Gasteiger partial charge in [0.1, 0.15) is 0 Å². The Morgan fingerprint density at radius 2 is 1.36 bits per heavy atom. The van der Waals surface area contributed by atoms with Gasteiger partial charge in [-0.25, -0.2) is 0 Å². The lowest BCUT2D eigenvalue weighted by atomic mass is 9.87. The Morgan fingerprint density at radius 1 is 0.818 bits per heavy atom. The van der Waals surface area contributed by atoms with Crippen LogP contribution in [-0.4, -0.2) is 18.3 Å². The Labute approximate surface area is 139 Å². The van der Waals surface area contributed by atoms with Gasteiger partial charge in [-0.3, -0.25) is 0 Å². The van der Waals surface area contributed by atoms with Crippen molar-refractivity contribution < 1.29 is 9.31 Å². The molecule has 22 heavy (non-hydrogen) atoms. The third-order valence-electron chi connectivity index (χ3n) is 4.78. The Morgan fingerprint density at radius 3 is 2.00 bits per heavy atom. The summed E-state index contributed by atoms with van der Waals surface area (Å²) in [5, 5.41) is 2.61. The molecule has 0 saturated carbocycles. The van der Waals surface area contributed by atoms with Crippen LogP contribution in [0.3, 0.4) is 0 Å². The maximum Gasteiger partial charge on any atom is 0.505 e. The summed E-state index contributed by atoms with van der Waals surface area (Å²) in [6, 6.07) is 9.05. The topological polar surface area (TPSA) is 18.5 Å². The number of aryl methyl sites for hydroxylation is 1. The van der Waals surface area contributed by atoms with E-state index in [2.05, 4.69) is 58.9 Å². The van der Waals surface area contributed by atoms with Crippen LogP contribution in [0.4, 0.5) is 0 Å². The second kappa shape index (κ2) is 4.57. The molecule has 1 aliphatic heterocycles. The van der Waals surface area contributed by atoms with E-state index in [0.29, 0.717) is 0 Å². The van der Waals surface area contributed by atoms with Crippen LogP contribution in [0.15, 0.2) is 24.3 Å². The van der Waals surface area contributed by atoms with Crippen molar-refractivity contribution in [2.24, 2.45) is 0 Å². The maximum atomic E-state index is 6.17. The van der Waals surface area contributed by atoms with E-state index >= 15 is 0 Å². The van der Waals surface area contributed by atoms with E-state index in [0.717, 1.165) is 4.78 Å². The molecule has 5 heteroatoms. The van der Waals surface area contributed by atoms with Crippen molar-refractivity contribution in [2.75, 3.05) is 0 Å². The minimum Gasteiger partial charge on any atom is -0.399 e. The van der Waals surface area contributed by atoms with Crippen molar-refractivity contribution in [1.82, 2.24) is 0 Å². The molecule has 3 aromatic rings. The molecule has 0 bridgehead atoms. The van der Waals surface area contributed by atoms with Gasteiger partial charge in [0, 0.05) is 19.1 Å². The first kappa shape index (κ1) is 14.7. The summed E-state index contributed by atoms with van der Waals surface area (Å²) >= 11 is 3.62. The lowest BCUT2D eigenvalue weighted by Gasteiger charge is -2.32. The van der Waals surface area contributed by atoms with E-state index in [1.54, 1.807) is 11.3 Å². The monoisotopic (exact) mass is 330 g/mol. The number of hydrogen-bond acceptors (Lipinski definition) is 4. The molecule has 2 nitrogen and oxygen atoms in total. The maximum absolute atomic E-state index is 6.17. The molecule has 0 atom stereocenters. The minimum absolute atomic E-state index is 0.262. The van der Waals surface area contributed by atoms with Gasteiger partial charge in [-0.15, -0.1) is 22.7 Å². The van der Waals surface area contributed by atoms with Crippen molar-refractivity contribution in [2.45, 2.75) is 45.8 Å². The Hall–Kier alpha value is -0.875. The first-order valence-electron chi connectivity index (χ1n) is 7.54. The predicted molar refractivity (Wildman–Crippen MR) is 97.7 cm³/mol. The molecule has 1 fully saturated rings. The van der Waals surface area contributed by atoms with Gasteiger partial charge in [0.2, 0.25) is 0 Å². The van der Waals surface area contributed by atoms with Crippen LogP contribution in [0.5, 0.6) is 0 Å². The zero-order valence-corrected chi connectivity index (χ0v) is 15.2.